The van der Waals surface area contributed by atoms with E-state index in [4.69, 9.17) is 14.2 Å². The summed E-state index contributed by atoms with van der Waals surface area (Å²) in [4.78, 5) is 25.7. The van der Waals surface area contributed by atoms with Crippen LogP contribution >= 0.6 is 0 Å². The molecular weight excluding hydrogens is 368 g/mol. The van der Waals surface area contributed by atoms with E-state index in [1.807, 2.05) is 0 Å². The number of carbonyl (C=O) groups is 2. The number of hydrogen-bond donors (Lipinski definition) is 0. The van der Waals surface area contributed by atoms with Crippen LogP contribution in [-0.2, 0) is 23.8 Å². The second-order valence-electron chi connectivity index (χ2n) is 9.13. The number of esters is 2. The van der Waals surface area contributed by atoms with Gasteiger partial charge in [-0.1, -0.05) is 35.9 Å². The number of ether oxygens (including phenoxy) is 3. The fraction of sp³-hybridized carbons (Fsp3) is 0.500. The fourth-order valence-corrected chi connectivity index (χ4v) is 7.29. The van der Waals surface area contributed by atoms with E-state index in [0.717, 1.165) is 30.4 Å². The second-order valence-corrected chi connectivity index (χ2v) is 9.13. The van der Waals surface area contributed by atoms with Crippen LogP contribution in [0.2, 0.25) is 0 Å². The summed E-state index contributed by atoms with van der Waals surface area (Å²) in [6.07, 6.45) is 5.57. The van der Waals surface area contributed by atoms with Gasteiger partial charge in [0.05, 0.1) is 25.4 Å². The van der Waals surface area contributed by atoms with E-state index < -0.39 is 11.9 Å². The minimum atomic E-state index is -0.436. The van der Waals surface area contributed by atoms with Gasteiger partial charge in [0, 0.05) is 11.8 Å². The minimum absolute atomic E-state index is 0.217. The first-order valence-corrected chi connectivity index (χ1v) is 10.4. The quantitative estimate of drug-likeness (QED) is 0.584. The van der Waals surface area contributed by atoms with Crippen LogP contribution in [0.4, 0.5) is 0 Å². The normalized spacial score (nSPS) is 40.0. The molecule has 4 bridgehead atoms. The van der Waals surface area contributed by atoms with E-state index in [1.54, 1.807) is 0 Å². The molecule has 0 spiro atoms. The Morgan fingerprint density at radius 2 is 1.48 bits per heavy atom. The SMILES string of the molecule is COC(=O)C1=C(C(=O)OC)C2C(=Cc3ccc(C)cc3)C1C13OC21C1CCC3C1. The van der Waals surface area contributed by atoms with Gasteiger partial charge in [-0.3, -0.25) is 0 Å². The zero-order valence-corrected chi connectivity index (χ0v) is 16.9. The van der Waals surface area contributed by atoms with Crippen molar-refractivity contribution in [1.82, 2.24) is 0 Å². The maximum Gasteiger partial charge on any atom is 0.335 e. The molecule has 150 valence electrons. The van der Waals surface area contributed by atoms with Crippen LogP contribution in [0, 0.1) is 30.6 Å². The molecule has 5 aliphatic rings. The third kappa shape index (κ3) is 1.78. The third-order valence-electron chi connectivity index (χ3n) is 8.17. The number of rotatable bonds is 3. The van der Waals surface area contributed by atoms with Crippen molar-refractivity contribution in [2.24, 2.45) is 23.7 Å². The minimum Gasteiger partial charge on any atom is -0.466 e. The molecule has 0 radical (unpaired) electrons. The van der Waals surface area contributed by atoms with Gasteiger partial charge in [-0.15, -0.1) is 0 Å². The first kappa shape index (κ1) is 17.5. The zero-order valence-electron chi connectivity index (χ0n) is 16.9. The van der Waals surface area contributed by atoms with E-state index in [1.165, 1.54) is 19.8 Å². The molecule has 0 N–H and O–H groups in total. The number of aryl methyl sites for hydroxylation is 1. The lowest BCUT2D eigenvalue weighted by molar-refractivity contribution is -0.140. The summed E-state index contributed by atoms with van der Waals surface area (Å²) in [6.45, 7) is 2.06. The van der Waals surface area contributed by atoms with Crippen molar-refractivity contribution in [3.63, 3.8) is 0 Å². The molecule has 3 saturated carbocycles. The van der Waals surface area contributed by atoms with Gasteiger partial charge >= 0.3 is 11.9 Å². The lowest BCUT2D eigenvalue weighted by Gasteiger charge is -2.29. The van der Waals surface area contributed by atoms with Crippen molar-refractivity contribution < 1.29 is 23.8 Å². The van der Waals surface area contributed by atoms with E-state index in [9.17, 15) is 9.59 Å². The highest BCUT2D eigenvalue weighted by molar-refractivity contribution is 6.06. The highest BCUT2D eigenvalue weighted by Crippen LogP contribution is 2.86. The molecule has 1 heterocycles. The molecule has 4 aliphatic carbocycles. The lowest BCUT2D eigenvalue weighted by atomic mass is 9.69. The lowest BCUT2D eigenvalue weighted by Crippen LogP contribution is -2.42. The molecule has 6 rings (SSSR count). The summed E-state index contributed by atoms with van der Waals surface area (Å²) in [5.41, 5.74) is 3.65. The Kier molecular flexibility index (Phi) is 3.25. The van der Waals surface area contributed by atoms with Gasteiger partial charge < -0.3 is 14.2 Å². The smallest absolute Gasteiger partial charge is 0.335 e. The molecule has 0 amide bonds. The molecule has 1 aromatic rings. The van der Waals surface area contributed by atoms with E-state index >= 15 is 0 Å². The van der Waals surface area contributed by atoms with Crippen LogP contribution in [0.25, 0.3) is 6.08 Å². The Labute approximate surface area is 169 Å². The summed E-state index contributed by atoms with van der Waals surface area (Å²) < 4.78 is 16.8. The number of carbonyl (C=O) groups excluding carboxylic acids is 2. The van der Waals surface area contributed by atoms with Crippen LogP contribution in [0.15, 0.2) is 41.0 Å². The van der Waals surface area contributed by atoms with E-state index in [0.29, 0.717) is 23.0 Å². The van der Waals surface area contributed by atoms with Gasteiger partial charge in [0.1, 0.15) is 11.2 Å². The summed E-state index contributed by atoms with van der Waals surface area (Å²) in [6, 6.07) is 8.33. The Morgan fingerprint density at radius 1 is 0.966 bits per heavy atom. The predicted molar refractivity (Wildman–Crippen MR) is 105 cm³/mol. The molecule has 6 atom stereocenters. The Morgan fingerprint density at radius 3 is 1.97 bits per heavy atom. The van der Waals surface area contributed by atoms with Crippen molar-refractivity contribution in [3.8, 4) is 0 Å². The average molecular weight is 392 g/mol. The number of fused-ring (bicyclic) bond motifs is 4. The van der Waals surface area contributed by atoms with Crippen LogP contribution in [0.5, 0.6) is 0 Å². The van der Waals surface area contributed by atoms with E-state index in [-0.39, 0.29) is 23.0 Å². The highest BCUT2D eigenvalue weighted by Gasteiger charge is 2.94. The number of methoxy groups -OCH3 is 2. The van der Waals surface area contributed by atoms with Crippen molar-refractivity contribution in [2.45, 2.75) is 37.4 Å². The average Bonchev–Trinajstić information content (AvgIpc) is 3.03. The molecule has 5 heteroatoms. The molecule has 29 heavy (non-hydrogen) atoms. The first-order valence-electron chi connectivity index (χ1n) is 10.4. The van der Waals surface area contributed by atoms with Crippen LogP contribution in [-0.4, -0.2) is 37.4 Å². The summed E-state index contributed by atoms with van der Waals surface area (Å²) >= 11 is 0. The predicted octanol–water partition coefficient (Wildman–Crippen LogP) is 3.22. The first-order chi connectivity index (χ1) is 14.0. The Bertz CT molecular complexity index is 964. The maximum absolute atomic E-state index is 12.9. The van der Waals surface area contributed by atoms with Gasteiger partial charge in [-0.2, -0.15) is 0 Å². The van der Waals surface area contributed by atoms with Crippen molar-refractivity contribution in [2.75, 3.05) is 14.2 Å². The van der Waals surface area contributed by atoms with E-state index in [2.05, 4.69) is 37.3 Å². The van der Waals surface area contributed by atoms with Crippen LogP contribution < -0.4 is 0 Å². The van der Waals surface area contributed by atoms with Gasteiger partial charge in [0.15, 0.2) is 0 Å². The highest BCUT2D eigenvalue weighted by atomic mass is 16.6. The summed E-state index contributed by atoms with van der Waals surface area (Å²) in [5, 5.41) is 0. The summed E-state index contributed by atoms with van der Waals surface area (Å²) in [7, 11) is 2.75. The second kappa shape index (κ2) is 5.39. The van der Waals surface area contributed by atoms with Crippen molar-refractivity contribution in [3.05, 3.63) is 52.1 Å². The zero-order chi connectivity index (χ0) is 20.1. The Hall–Kier alpha value is -2.40. The topological polar surface area (TPSA) is 65.1 Å². The van der Waals surface area contributed by atoms with Gasteiger partial charge in [0.2, 0.25) is 0 Å². The largest absolute Gasteiger partial charge is 0.466 e. The van der Waals surface area contributed by atoms with Crippen molar-refractivity contribution >= 4 is 18.0 Å². The number of benzene rings is 1. The molecule has 5 nitrogen and oxygen atoms in total. The van der Waals surface area contributed by atoms with Crippen molar-refractivity contribution in [1.29, 1.82) is 0 Å². The molecule has 6 unspecified atom stereocenters. The molecule has 0 aromatic heterocycles. The van der Waals surface area contributed by atoms with Gasteiger partial charge in [-0.05, 0) is 49.2 Å². The fourth-order valence-electron chi connectivity index (χ4n) is 7.29. The van der Waals surface area contributed by atoms with Gasteiger partial charge in [0.25, 0.3) is 0 Å². The molecule has 1 aromatic carbocycles. The van der Waals surface area contributed by atoms with Gasteiger partial charge in [-0.25, -0.2) is 9.59 Å². The molecular formula is C24H24O5. The molecule has 4 fully saturated rings. The Balaban J connectivity index is 1.57. The van der Waals surface area contributed by atoms with Crippen LogP contribution in [0.3, 0.4) is 0 Å². The standard InChI is InChI=1S/C24H24O5/c1-12-4-6-13(7-5-12)10-16-19-17(21(25)27-2)18(22(26)28-3)20(16)24-15-9-8-14(11-15)23(19,24)29-24/h4-7,10,14-15,19-20H,8-9,11H2,1-3H3. The monoisotopic (exact) mass is 392 g/mol. The number of epoxide rings is 1. The number of hydrogen-bond acceptors (Lipinski definition) is 5. The molecule has 1 saturated heterocycles. The third-order valence-corrected chi connectivity index (χ3v) is 8.17. The maximum atomic E-state index is 12.9. The summed E-state index contributed by atoms with van der Waals surface area (Å²) in [5.74, 6) is -0.412. The van der Waals surface area contributed by atoms with Crippen LogP contribution in [0.1, 0.15) is 30.4 Å². The molecule has 1 aliphatic heterocycles.